The average molecular weight is 335 g/mol. The van der Waals surface area contributed by atoms with Crippen molar-refractivity contribution >= 4 is 22.8 Å². The number of H-pyrrole nitrogens is 1. The summed E-state index contributed by atoms with van der Waals surface area (Å²) in [7, 11) is 1.63. The Balaban J connectivity index is 1.99. The Morgan fingerprint density at radius 1 is 1.20 bits per heavy atom. The van der Waals surface area contributed by atoms with Crippen LogP contribution in [0.5, 0.6) is 5.75 Å². The molecule has 0 radical (unpaired) electrons. The van der Waals surface area contributed by atoms with Crippen molar-refractivity contribution in [3.63, 3.8) is 0 Å². The van der Waals surface area contributed by atoms with Gasteiger partial charge in [0.2, 0.25) is 0 Å². The van der Waals surface area contributed by atoms with E-state index in [1.54, 1.807) is 25.3 Å². The Morgan fingerprint density at radius 3 is 2.72 bits per heavy atom. The van der Waals surface area contributed by atoms with Crippen LogP contribution in [0.1, 0.15) is 28.0 Å². The number of carbonyl (C=O) groups is 1. The summed E-state index contributed by atoms with van der Waals surface area (Å²) in [4.78, 5) is 15.7. The van der Waals surface area contributed by atoms with Gasteiger partial charge in [0.25, 0.3) is 0 Å². The highest BCUT2D eigenvalue weighted by molar-refractivity contribution is 6.08. The van der Waals surface area contributed by atoms with Crippen LogP contribution in [-0.4, -0.2) is 29.6 Å². The monoisotopic (exact) mass is 335 g/mol. The van der Waals surface area contributed by atoms with Gasteiger partial charge in [-0.15, -0.1) is 0 Å². The largest absolute Gasteiger partial charge is 0.497 e. The molecule has 1 aromatic heterocycles. The molecule has 4 heteroatoms. The van der Waals surface area contributed by atoms with Crippen LogP contribution >= 0.6 is 0 Å². The molecule has 3 aromatic rings. The predicted molar refractivity (Wildman–Crippen MR) is 100 cm³/mol. The third-order valence-corrected chi connectivity index (χ3v) is 4.17. The predicted octanol–water partition coefficient (Wildman–Crippen LogP) is 4.00. The minimum atomic E-state index is -0.0362. The van der Waals surface area contributed by atoms with Crippen LogP contribution in [0, 0.1) is 0 Å². The van der Waals surface area contributed by atoms with E-state index in [0.29, 0.717) is 18.4 Å². The van der Waals surface area contributed by atoms with Crippen molar-refractivity contribution in [2.24, 2.45) is 0 Å². The molecule has 2 N–H and O–H groups in total. The van der Waals surface area contributed by atoms with Crippen LogP contribution in [0.4, 0.5) is 0 Å². The number of ether oxygens (including phenoxy) is 1. The molecule has 0 saturated heterocycles. The third-order valence-electron chi connectivity index (χ3n) is 4.17. The minimum Gasteiger partial charge on any atom is -0.497 e. The second-order valence-corrected chi connectivity index (χ2v) is 5.82. The number of aliphatic hydroxyl groups excluding tert-OH is 1. The zero-order chi connectivity index (χ0) is 17.6. The molecular weight excluding hydrogens is 314 g/mol. The summed E-state index contributed by atoms with van der Waals surface area (Å²) in [5, 5.41) is 10.1. The van der Waals surface area contributed by atoms with Gasteiger partial charge in [0, 0.05) is 34.3 Å². The van der Waals surface area contributed by atoms with E-state index in [-0.39, 0.29) is 12.4 Å². The number of carbonyl (C=O) groups excluding carboxylic acids is 1. The number of aliphatic hydroxyl groups is 1. The first-order chi connectivity index (χ1) is 12.2. The van der Waals surface area contributed by atoms with Gasteiger partial charge >= 0.3 is 0 Å². The zero-order valence-corrected chi connectivity index (χ0v) is 14.2. The van der Waals surface area contributed by atoms with Crippen molar-refractivity contribution < 1.29 is 14.6 Å². The summed E-state index contributed by atoms with van der Waals surface area (Å²) in [6.45, 7) is 0.130. The van der Waals surface area contributed by atoms with Gasteiger partial charge in [-0.1, -0.05) is 30.3 Å². The van der Waals surface area contributed by atoms with E-state index < -0.39 is 0 Å². The van der Waals surface area contributed by atoms with E-state index in [1.807, 2.05) is 42.5 Å². The molecule has 0 bridgehead atoms. The van der Waals surface area contributed by atoms with E-state index in [9.17, 15) is 4.79 Å². The van der Waals surface area contributed by atoms with Crippen molar-refractivity contribution in [1.82, 2.24) is 4.98 Å². The summed E-state index contributed by atoms with van der Waals surface area (Å²) in [6.07, 6.45) is 4.82. The molecule has 0 fully saturated rings. The highest BCUT2D eigenvalue weighted by Gasteiger charge is 2.11. The molecule has 0 aliphatic rings. The normalized spacial score (nSPS) is 11.3. The maximum absolute atomic E-state index is 12.4. The number of aryl methyl sites for hydroxylation is 1. The third kappa shape index (κ3) is 3.80. The summed E-state index contributed by atoms with van der Waals surface area (Å²) in [5.41, 5.74) is 3.62. The summed E-state index contributed by atoms with van der Waals surface area (Å²) in [6, 6.07) is 15.0. The molecule has 0 aliphatic heterocycles. The fraction of sp³-hybridized carbons (Fsp3) is 0.190. The van der Waals surface area contributed by atoms with Crippen LogP contribution in [0.15, 0.2) is 54.6 Å². The summed E-state index contributed by atoms with van der Waals surface area (Å²) >= 11 is 0. The van der Waals surface area contributed by atoms with Gasteiger partial charge in [-0.25, -0.2) is 0 Å². The molecule has 25 heavy (non-hydrogen) atoms. The lowest BCUT2D eigenvalue weighted by atomic mass is 10.0. The van der Waals surface area contributed by atoms with E-state index in [4.69, 9.17) is 9.84 Å². The van der Waals surface area contributed by atoms with Crippen molar-refractivity contribution in [2.45, 2.75) is 12.8 Å². The fourth-order valence-electron chi connectivity index (χ4n) is 2.88. The first-order valence-electron chi connectivity index (χ1n) is 8.30. The van der Waals surface area contributed by atoms with Gasteiger partial charge in [0.05, 0.1) is 7.11 Å². The quantitative estimate of drug-likeness (QED) is 0.507. The molecule has 1 heterocycles. The standard InChI is InChI=1S/C21H21NO3/c1-25-16-9-11-20-18(14-16)17(19(22-20)8-5-13-23)10-12-21(24)15-6-3-2-4-7-15/h2-4,6-7,9-12,14,22-23H,5,8,13H2,1H3/b12-10+. The number of allylic oxidation sites excluding steroid dienone is 1. The van der Waals surface area contributed by atoms with Crippen molar-refractivity contribution in [3.05, 3.63) is 71.4 Å². The smallest absolute Gasteiger partial charge is 0.185 e. The first-order valence-corrected chi connectivity index (χ1v) is 8.30. The lowest BCUT2D eigenvalue weighted by molar-refractivity contribution is 0.104. The molecule has 0 saturated carbocycles. The van der Waals surface area contributed by atoms with E-state index in [0.717, 1.165) is 27.9 Å². The van der Waals surface area contributed by atoms with Crippen LogP contribution in [0.3, 0.4) is 0 Å². The maximum Gasteiger partial charge on any atom is 0.185 e. The highest BCUT2D eigenvalue weighted by Crippen LogP contribution is 2.28. The van der Waals surface area contributed by atoms with Crippen molar-refractivity contribution in [3.8, 4) is 5.75 Å². The number of benzene rings is 2. The molecule has 0 atom stereocenters. The van der Waals surface area contributed by atoms with Gasteiger partial charge in [-0.05, 0) is 43.2 Å². The Labute approximate surface area is 146 Å². The Morgan fingerprint density at radius 2 is 2.00 bits per heavy atom. The Kier molecular flexibility index (Phi) is 5.31. The Hall–Kier alpha value is -2.85. The molecule has 2 aromatic carbocycles. The molecule has 0 spiro atoms. The van der Waals surface area contributed by atoms with Gasteiger partial charge < -0.3 is 14.8 Å². The van der Waals surface area contributed by atoms with E-state index in [2.05, 4.69) is 4.98 Å². The molecule has 4 nitrogen and oxygen atoms in total. The molecule has 128 valence electrons. The number of ketones is 1. The van der Waals surface area contributed by atoms with Crippen molar-refractivity contribution in [1.29, 1.82) is 0 Å². The zero-order valence-electron chi connectivity index (χ0n) is 14.2. The Bertz CT molecular complexity index is 894. The van der Waals surface area contributed by atoms with Crippen LogP contribution < -0.4 is 4.74 Å². The lowest BCUT2D eigenvalue weighted by Gasteiger charge is -2.01. The number of aromatic nitrogens is 1. The maximum atomic E-state index is 12.4. The topological polar surface area (TPSA) is 62.3 Å². The second kappa shape index (κ2) is 7.81. The lowest BCUT2D eigenvalue weighted by Crippen LogP contribution is -1.94. The van der Waals surface area contributed by atoms with E-state index in [1.165, 1.54) is 0 Å². The molecule has 0 unspecified atom stereocenters. The van der Waals surface area contributed by atoms with Gasteiger partial charge in [0.1, 0.15) is 5.75 Å². The molecule has 0 amide bonds. The van der Waals surface area contributed by atoms with E-state index >= 15 is 0 Å². The first kappa shape index (κ1) is 17.0. The average Bonchev–Trinajstić information content (AvgIpc) is 3.01. The number of aromatic amines is 1. The SMILES string of the molecule is COc1ccc2[nH]c(CCCO)c(/C=C/C(=O)c3ccccc3)c2c1. The van der Waals surface area contributed by atoms with Crippen LogP contribution in [0.2, 0.25) is 0 Å². The number of nitrogens with one attached hydrogen (secondary N) is 1. The fourth-order valence-corrected chi connectivity index (χ4v) is 2.88. The van der Waals surface area contributed by atoms with Crippen LogP contribution in [0.25, 0.3) is 17.0 Å². The van der Waals surface area contributed by atoms with Gasteiger partial charge in [0.15, 0.2) is 5.78 Å². The highest BCUT2D eigenvalue weighted by atomic mass is 16.5. The number of fused-ring (bicyclic) bond motifs is 1. The number of rotatable bonds is 7. The molecule has 3 rings (SSSR count). The van der Waals surface area contributed by atoms with Crippen molar-refractivity contribution in [2.75, 3.05) is 13.7 Å². The number of methoxy groups -OCH3 is 1. The van der Waals surface area contributed by atoms with Crippen LogP contribution in [-0.2, 0) is 6.42 Å². The summed E-state index contributed by atoms with van der Waals surface area (Å²) < 4.78 is 5.32. The summed E-state index contributed by atoms with van der Waals surface area (Å²) in [5.74, 6) is 0.732. The van der Waals surface area contributed by atoms with Gasteiger partial charge in [-0.3, -0.25) is 4.79 Å². The second-order valence-electron chi connectivity index (χ2n) is 5.82. The van der Waals surface area contributed by atoms with Gasteiger partial charge in [-0.2, -0.15) is 0 Å². The molecular formula is C21H21NO3. The number of hydrogen-bond donors (Lipinski definition) is 2. The molecule has 0 aliphatic carbocycles. The number of hydrogen-bond acceptors (Lipinski definition) is 3. The minimum absolute atomic E-state index is 0.0362.